The van der Waals surface area contributed by atoms with Crippen LogP contribution in [0.25, 0.3) is 11.1 Å². The van der Waals surface area contributed by atoms with Gasteiger partial charge in [-0.25, -0.2) is 0 Å². The van der Waals surface area contributed by atoms with Crippen LogP contribution < -0.4 is 5.73 Å². The molecule has 0 spiro atoms. The van der Waals surface area contributed by atoms with Gasteiger partial charge in [-0.2, -0.15) is 0 Å². The first-order chi connectivity index (χ1) is 7.31. The lowest BCUT2D eigenvalue weighted by Crippen LogP contribution is -1.96. The first kappa shape index (κ1) is 12.3. The molecule has 0 fully saturated rings. The minimum Gasteiger partial charge on any atom is -0.508 e. The summed E-state index contributed by atoms with van der Waals surface area (Å²) in [4.78, 5) is 0. The molecule has 0 bridgehead atoms. The van der Waals surface area contributed by atoms with Gasteiger partial charge in [-0.3, -0.25) is 0 Å². The normalized spacial score (nSPS) is 9.56. The van der Waals surface area contributed by atoms with Gasteiger partial charge in [0.1, 0.15) is 5.75 Å². The number of phenols is 1. The minimum absolute atomic E-state index is 0. The first-order valence-electron chi connectivity index (χ1n) is 4.88. The lowest BCUT2D eigenvalue weighted by atomic mass is 10.0. The largest absolute Gasteiger partial charge is 0.508 e. The smallest absolute Gasteiger partial charge is 0.120 e. The molecule has 0 unspecified atom stereocenters. The Balaban J connectivity index is 0.00000128. The summed E-state index contributed by atoms with van der Waals surface area (Å²) in [6, 6.07) is 15.5. The summed E-state index contributed by atoms with van der Waals surface area (Å²) in [5, 5.41) is 9.67. The van der Waals surface area contributed by atoms with Gasteiger partial charge in [0.05, 0.1) is 0 Å². The van der Waals surface area contributed by atoms with E-state index in [-0.39, 0.29) is 13.2 Å². The van der Waals surface area contributed by atoms with Crippen molar-refractivity contribution < 1.29 is 5.11 Å². The van der Waals surface area contributed by atoms with Crippen molar-refractivity contribution in [3.63, 3.8) is 0 Å². The van der Waals surface area contributed by atoms with Gasteiger partial charge in [0.15, 0.2) is 0 Å². The van der Waals surface area contributed by atoms with E-state index in [0.29, 0.717) is 6.54 Å². The van der Waals surface area contributed by atoms with Crippen molar-refractivity contribution in [3.05, 3.63) is 54.1 Å². The fraction of sp³-hybridized carbons (Fsp3) is 0.143. The highest BCUT2D eigenvalue weighted by molar-refractivity contribution is 5.65. The van der Waals surface area contributed by atoms with Crippen LogP contribution in [0.3, 0.4) is 0 Å². The van der Waals surface area contributed by atoms with E-state index >= 15 is 0 Å². The Morgan fingerprint density at radius 1 is 0.938 bits per heavy atom. The molecule has 2 nitrogen and oxygen atoms in total. The van der Waals surface area contributed by atoms with Crippen molar-refractivity contribution in [2.45, 2.75) is 14.0 Å². The Morgan fingerprint density at radius 3 is 2.19 bits per heavy atom. The maximum absolute atomic E-state index is 9.67. The maximum Gasteiger partial charge on any atom is 0.120 e. The molecule has 2 heteroatoms. The van der Waals surface area contributed by atoms with Crippen LogP contribution in [0.15, 0.2) is 48.5 Å². The van der Waals surface area contributed by atoms with Gasteiger partial charge in [0.25, 0.3) is 0 Å². The molecule has 0 aliphatic carbocycles. The van der Waals surface area contributed by atoms with Gasteiger partial charge in [0, 0.05) is 12.1 Å². The lowest BCUT2D eigenvalue weighted by Gasteiger charge is -2.05. The van der Waals surface area contributed by atoms with E-state index in [0.717, 1.165) is 16.7 Å². The highest BCUT2D eigenvalue weighted by atomic mass is 16.3. The Hall–Kier alpha value is -1.80. The van der Waals surface area contributed by atoms with Crippen molar-refractivity contribution >= 4 is 0 Å². The van der Waals surface area contributed by atoms with Crippen molar-refractivity contribution in [1.82, 2.24) is 0 Å². The summed E-state index contributed by atoms with van der Waals surface area (Å²) in [7, 11) is 0. The second kappa shape index (κ2) is 5.33. The number of hydrogen-bond donors (Lipinski definition) is 2. The predicted molar refractivity (Wildman–Crippen MR) is 68.2 cm³/mol. The number of rotatable bonds is 2. The molecule has 0 saturated carbocycles. The van der Waals surface area contributed by atoms with Gasteiger partial charge >= 0.3 is 0 Å². The zero-order valence-electron chi connectivity index (χ0n) is 8.35. The molecule has 2 aromatic rings. The summed E-state index contributed by atoms with van der Waals surface area (Å²) in [5.41, 5.74) is 8.35. The van der Waals surface area contributed by atoms with Crippen LogP contribution in [0, 0.1) is 0 Å². The van der Waals surface area contributed by atoms with Crippen LogP contribution in [0.4, 0.5) is 0 Å². The predicted octanol–water partition coefficient (Wildman–Crippen LogP) is 3.15. The van der Waals surface area contributed by atoms with Gasteiger partial charge in [0.2, 0.25) is 0 Å². The fourth-order valence-electron chi connectivity index (χ4n) is 1.55. The number of phenolic OH excluding ortho intramolecular Hbond substituents is 1. The third-order valence-corrected chi connectivity index (χ3v) is 2.41. The van der Waals surface area contributed by atoms with E-state index in [9.17, 15) is 5.11 Å². The van der Waals surface area contributed by atoms with Crippen LogP contribution in [-0.4, -0.2) is 5.11 Å². The van der Waals surface area contributed by atoms with Crippen molar-refractivity contribution in [2.24, 2.45) is 5.73 Å². The van der Waals surface area contributed by atoms with Crippen LogP contribution in [0.2, 0.25) is 0 Å². The number of benzene rings is 2. The Labute approximate surface area is 96.4 Å². The standard InChI is InChI=1S/C13H13NO.CH4/c14-9-12-7-6-11(8-13(12)15)10-4-2-1-3-5-10;/h1-8,15H,9,14H2;1H4. The van der Waals surface area contributed by atoms with E-state index in [2.05, 4.69) is 0 Å². The van der Waals surface area contributed by atoms with Crippen LogP contribution in [-0.2, 0) is 6.54 Å². The number of hydrogen-bond acceptors (Lipinski definition) is 2. The summed E-state index contributed by atoms with van der Waals surface area (Å²) < 4.78 is 0. The van der Waals surface area contributed by atoms with E-state index in [1.54, 1.807) is 6.07 Å². The molecule has 0 atom stereocenters. The Kier molecular flexibility index (Phi) is 4.09. The van der Waals surface area contributed by atoms with Crippen molar-refractivity contribution in [3.8, 4) is 16.9 Å². The average Bonchev–Trinajstić information content (AvgIpc) is 2.30. The molecule has 2 rings (SSSR count). The zero-order valence-corrected chi connectivity index (χ0v) is 8.35. The van der Waals surface area contributed by atoms with Gasteiger partial charge in [-0.05, 0) is 17.2 Å². The van der Waals surface area contributed by atoms with E-state index in [4.69, 9.17) is 5.73 Å². The topological polar surface area (TPSA) is 46.2 Å². The summed E-state index contributed by atoms with van der Waals surface area (Å²) in [5.74, 6) is 0.263. The quantitative estimate of drug-likeness (QED) is 0.808. The summed E-state index contributed by atoms with van der Waals surface area (Å²) >= 11 is 0. The molecule has 0 heterocycles. The van der Waals surface area contributed by atoms with Gasteiger partial charge in [-0.15, -0.1) is 0 Å². The van der Waals surface area contributed by atoms with Crippen LogP contribution in [0.1, 0.15) is 13.0 Å². The lowest BCUT2D eigenvalue weighted by molar-refractivity contribution is 0.468. The zero-order chi connectivity index (χ0) is 10.7. The Bertz CT molecular complexity index is 452. The number of aromatic hydroxyl groups is 1. The molecular weight excluding hydrogens is 198 g/mol. The van der Waals surface area contributed by atoms with Crippen molar-refractivity contribution in [2.75, 3.05) is 0 Å². The summed E-state index contributed by atoms with van der Waals surface area (Å²) in [6.45, 7) is 0.362. The molecule has 3 N–H and O–H groups in total. The molecule has 0 amide bonds. The highest BCUT2D eigenvalue weighted by Gasteiger charge is 2.02. The molecule has 2 aromatic carbocycles. The van der Waals surface area contributed by atoms with Crippen LogP contribution >= 0.6 is 0 Å². The third kappa shape index (κ3) is 2.41. The third-order valence-electron chi connectivity index (χ3n) is 2.41. The average molecular weight is 215 g/mol. The molecule has 0 radical (unpaired) electrons. The van der Waals surface area contributed by atoms with Gasteiger partial charge in [-0.1, -0.05) is 49.9 Å². The van der Waals surface area contributed by atoms with Crippen molar-refractivity contribution in [1.29, 1.82) is 0 Å². The second-order valence-corrected chi connectivity index (χ2v) is 3.41. The Morgan fingerprint density at radius 2 is 1.62 bits per heavy atom. The molecule has 84 valence electrons. The molecule has 0 saturated heterocycles. The molecular formula is C14H17NO. The molecule has 0 aromatic heterocycles. The monoisotopic (exact) mass is 215 g/mol. The van der Waals surface area contributed by atoms with E-state index in [1.807, 2.05) is 42.5 Å². The van der Waals surface area contributed by atoms with Crippen LogP contribution in [0.5, 0.6) is 5.75 Å². The first-order valence-corrected chi connectivity index (χ1v) is 4.88. The fourth-order valence-corrected chi connectivity index (χ4v) is 1.55. The minimum atomic E-state index is 0. The summed E-state index contributed by atoms with van der Waals surface area (Å²) in [6.07, 6.45) is 0. The molecule has 0 aliphatic rings. The van der Waals surface area contributed by atoms with E-state index < -0.39 is 0 Å². The molecule has 16 heavy (non-hydrogen) atoms. The maximum atomic E-state index is 9.67. The molecule has 0 aliphatic heterocycles. The second-order valence-electron chi connectivity index (χ2n) is 3.41. The van der Waals surface area contributed by atoms with E-state index in [1.165, 1.54) is 0 Å². The van der Waals surface area contributed by atoms with Gasteiger partial charge < -0.3 is 10.8 Å². The highest BCUT2D eigenvalue weighted by Crippen LogP contribution is 2.25. The SMILES string of the molecule is C.NCc1ccc(-c2ccccc2)cc1O. The number of nitrogens with two attached hydrogens (primary N) is 1.